The van der Waals surface area contributed by atoms with Crippen LogP contribution in [0.5, 0.6) is 5.75 Å². The van der Waals surface area contributed by atoms with Crippen molar-refractivity contribution in [3.05, 3.63) is 54.1 Å². The van der Waals surface area contributed by atoms with E-state index in [9.17, 15) is 4.79 Å². The average Bonchev–Trinajstić information content (AvgIpc) is 2.55. The Bertz CT molecular complexity index is 690. The summed E-state index contributed by atoms with van der Waals surface area (Å²) in [6, 6.07) is 15.9. The molecular weight excluding hydrogens is 318 g/mol. The van der Waals surface area contributed by atoms with E-state index in [1.165, 1.54) is 5.56 Å². The number of carbonyl (C=O) groups is 1. The van der Waals surface area contributed by atoms with Gasteiger partial charge in [-0.15, -0.1) is 11.8 Å². The van der Waals surface area contributed by atoms with E-state index >= 15 is 0 Å². The van der Waals surface area contributed by atoms with E-state index in [1.807, 2.05) is 31.2 Å². The second-order valence-electron chi connectivity index (χ2n) is 6.72. The average molecular weight is 343 g/mol. The van der Waals surface area contributed by atoms with Crippen LogP contribution in [0.3, 0.4) is 0 Å². The number of methoxy groups -OCH3 is 1. The van der Waals surface area contributed by atoms with Crippen molar-refractivity contribution in [1.82, 2.24) is 0 Å². The molecule has 3 nitrogen and oxygen atoms in total. The van der Waals surface area contributed by atoms with Crippen LogP contribution in [0.4, 0.5) is 5.69 Å². The quantitative estimate of drug-likeness (QED) is 0.767. The molecule has 1 amide bonds. The minimum atomic E-state index is -0.199. The lowest BCUT2D eigenvalue weighted by atomic mass is 9.87. The van der Waals surface area contributed by atoms with E-state index in [2.05, 4.69) is 50.4 Å². The monoisotopic (exact) mass is 343 g/mol. The predicted molar refractivity (Wildman–Crippen MR) is 102 cm³/mol. The topological polar surface area (TPSA) is 38.3 Å². The minimum absolute atomic E-state index is 0.0376. The van der Waals surface area contributed by atoms with Crippen LogP contribution in [0.2, 0.25) is 0 Å². The van der Waals surface area contributed by atoms with Crippen molar-refractivity contribution in [2.24, 2.45) is 0 Å². The molecule has 4 heteroatoms. The molecule has 2 rings (SSSR count). The molecule has 0 saturated heterocycles. The number of ether oxygens (including phenoxy) is 1. The van der Waals surface area contributed by atoms with Crippen LogP contribution in [0.1, 0.15) is 33.3 Å². The zero-order valence-electron chi connectivity index (χ0n) is 14.9. The van der Waals surface area contributed by atoms with Crippen molar-refractivity contribution in [3.8, 4) is 5.75 Å². The highest BCUT2D eigenvalue weighted by atomic mass is 32.2. The number of anilines is 1. The number of hydrogen-bond acceptors (Lipinski definition) is 3. The third-order valence-corrected chi connectivity index (χ3v) is 4.88. The van der Waals surface area contributed by atoms with Gasteiger partial charge in [0.15, 0.2) is 0 Å². The highest BCUT2D eigenvalue weighted by Crippen LogP contribution is 2.29. The Morgan fingerprint density at radius 2 is 1.71 bits per heavy atom. The number of amides is 1. The van der Waals surface area contributed by atoms with E-state index in [0.29, 0.717) is 11.4 Å². The molecule has 0 heterocycles. The number of carbonyl (C=O) groups excluding carboxylic acids is 1. The second-order valence-corrected chi connectivity index (χ2v) is 8.14. The van der Waals surface area contributed by atoms with Gasteiger partial charge in [-0.05, 0) is 42.2 Å². The molecule has 0 aromatic heterocycles. The lowest BCUT2D eigenvalue weighted by Crippen LogP contribution is -2.22. The fraction of sp³-hybridized carbons (Fsp3) is 0.350. The summed E-state index contributed by atoms with van der Waals surface area (Å²) >= 11 is 1.55. The van der Waals surface area contributed by atoms with Gasteiger partial charge in [0.2, 0.25) is 5.91 Å². The summed E-state index contributed by atoms with van der Waals surface area (Å²) < 4.78 is 5.27. The molecule has 0 aliphatic rings. The highest BCUT2D eigenvalue weighted by Gasteiger charge is 2.17. The zero-order chi connectivity index (χ0) is 17.7. The molecule has 0 unspecified atom stereocenters. The largest absolute Gasteiger partial charge is 0.495 e. The van der Waals surface area contributed by atoms with Gasteiger partial charge in [0.1, 0.15) is 5.75 Å². The maximum atomic E-state index is 12.4. The Labute approximate surface area is 148 Å². The Morgan fingerprint density at radius 3 is 2.29 bits per heavy atom. The predicted octanol–water partition coefficient (Wildman–Crippen LogP) is 5.11. The van der Waals surface area contributed by atoms with Crippen LogP contribution < -0.4 is 10.1 Å². The first kappa shape index (κ1) is 18.4. The molecule has 1 N–H and O–H groups in total. The standard InChI is InChI=1S/C20H25NO2S/c1-14(19(22)21-17-8-6-7-9-18(17)23-5)24-16-12-10-15(11-13-16)20(2,3)4/h6-14H,1-5H3,(H,21,22)/t14-/m1/s1. The SMILES string of the molecule is COc1ccccc1NC(=O)[C@@H](C)Sc1ccc(C(C)(C)C)cc1. The van der Waals surface area contributed by atoms with Crippen molar-refractivity contribution in [2.75, 3.05) is 12.4 Å². The fourth-order valence-corrected chi connectivity index (χ4v) is 3.14. The van der Waals surface area contributed by atoms with E-state index in [4.69, 9.17) is 4.74 Å². The van der Waals surface area contributed by atoms with Crippen molar-refractivity contribution in [2.45, 2.75) is 43.3 Å². The number of para-hydroxylation sites is 2. The summed E-state index contributed by atoms with van der Waals surface area (Å²) in [4.78, 5) is 13.5. The van der Waals surface area contributed by atoms with Crippen molar-refractivity contribution in [3.63, 3.8) is 0 Å². The molecule has 1 atom stereocenters. The molecule has 0 fully saturated rings. The van der Waals surface area contributed by atoms with Crippen LogP contribution in [0.15, 0.2) is 53.4 Å². The first-order chi connectivity index (χ1) is 11.3. The van der Waals surface area contributed by atoms with Gasteiger partial charge in [-0.1, -0.05) is 45.0 Å². The van der Waals surface area contributed by atoms with Crippen LogP contribution in [-0.2, 0) is 10.2 Å². The maximum Gasteiger partial charge on any atom is 0.237 e. The Morgan fingerprint density at radius 1 is 1.08 bits per heavy atom. The Balaban J connectivity index is 2.01. The first-order valence-electron chi connectivity index (χ1n) is 8.02. The third-order valence-electron chi connectivity index (χ3n) is 3.77. The number of hydrogen-bond donors (Lipinski definition) is 1. The summed E-state index contributed by atoms with van der Waals surface area (Å²) in [7, 11) is 1.60. The van der Waals surface area contributed by atoms with Crippen LogP contribution in [0.25, 0.3) is 0 Å². The molecular formula is C20H25NO2S. The summed E-state index contributed by atoms with van der Waals surface area (Å²) in [6.45, 7) is 8.49. The molecule has 0 spiro atoms. The van der Waals surface area contributed by atoms with Crippen LogP contribution >= 0.6 is 11.8 Å². The number of benzene rings is 2. The molecule has 0 radical (unpaired) electrons. The lowest BCUT2D eigenvalue weighted by molar-refractivity contribution is -0.115. The normalized spacial score (nSPS) is 12.5. The van der Waals surface area contributed by atoms with Gasteiger partial charge in [0.25, 0.3) is 0 Å². The van der Waals surface area contributed by atoms with Gasteiger partial charge >= 0.3 is 0 Å². The molecule has 2 aromatic carbocycles. The van der Waals surface area contributed by atoms with E-state index in [-0.39, 0.29) is 16.6 Å². The second kappa shape index (κ2) is 7.75. The van der Waals surface area contributed by atoms with E-state index < -0.39 is 0 Å². The smallest absolute Gasteiger partial charge is 0.237 e. The van der Waals surface area contributed by atoms with Gasteiger partial charge < -0.3 is 10.1 Å². The van der Waals surface area contributed by atoms with Gasteiger partial charge in [-0.25, -0.2) is 0 Å². The highest BCUT2D eigenvalue weighted by molar-refractivity contribution is 8.00. The first-order valence-corrected chi connectivity index (χ1v) is 8.90. The van der Waals surface area contributed by atoms with Crippen molar-refractivity contribution < 1.29 is 9.53 Å². The van der Waals surface area contributed by atoms with Gasteiger partial charge in [-0.3, -0.25) is 4.79 Å². The minimum Gasteiger partial charge on any atom is -0.495 e. The van der Waals surface area contributed by atoms with Crippen LogP contribution in [-0.4, -0.2) is 18.3 Å². The molecule has 0 aliphatic carbocycles. The van der Waals surface area contributed by atoms with E-state index in [1.54, 1.807) is 18.9 Å². The van der Waals surface area contributed by atoms with E-state index in [0.717, 1.165) is 4.90 Å². The zero-order valence-corrected chi connectivity index (χ0v) is 15.7. The molecule has 0 bridgehead atoms. The van der Waals surface area contributed by atoms with Crippen molar-refractivity contribution >= 4 is 23.4 Å². The molecule has 0 saturated carbocycles. The molecule has 128 valence electrons. The number of rotatable bonds is 5. The van der Waals surface area contributed by atoms with Gasteiger partial charge in [0, 0.05) is 4.90 Å². The van der Waals surface area contributed by atoms with Gasteiger partial charge in [0.05, 0.1) is 18.0 Å². The third kappa shape index (κ3) is 4.78. The number of thioether (sulfide) groups is 1. The number of nitrogens with one attached hydrogen (secondary N) is 1. The molecule has 2 aromatic rings. The summed E-state index contributed by atoms with van der Waals surface area (Å²) in [5.41, 5.74) is 2.12. The van der Waals surface area contributed by atoms with Crippen molar-refractivity contribution in [1.29, 1.82) is 0 Å². The lowest BCUT2D eigenvalue weighted by Gasteiger charge is -2.19. The molecule has 24 heavy (non-hydrogen) atoms. The Kier molecular flexibility index (Phi) is 5.94. The maximum absolute atomic E-state index is 12.4. The Hall–Kier alpha value is -1.94. The van der Waals surface area contributed by atoms with Gasteiger partial charge in [-0.2, -0.15) is 0 Å². The summed E-state index contributed by atoms with van der Waals surface area (Å²) in [5.74, 6) is 0.627. The molecule has 0 aliphatic heterocycles. The van der Waals surface area contributed by atoms with Crippen LogP contribution in [0, 0.1) is 0 Å². The summed E-state index contributed by atoms with van der Waals surface area (Å²) in [6.07, 6.45) is 0. The fourth-order valence-electron chi connectivity index (χ4n) is 2.27. The summed E-state index contributed by atoms with van der Waals surface area (Å²) in [5, 5.41) is 2.73.